The number of carbonyl (C=O) groups excluding carboxylic acids is 1. The summed E-state index contributed by atoms with van der Waals surface area (Å²) in [5, 5.41) is 8.96. The molecule has 0 aromatic heterocycles. The molecule has 104 valence electrons. The number of carbonyl (C=O) groups is 1. The smallest absolute Gasteiger partial charge is 0.159 e. The number of nitrogens with two attached hydrogens (primary N) is 1. The summed E-state index contributed by atoms with van der Waals surface area (Å²) in [6, 6.07) is 15.3. The molecule has 0 bridgehead atoms. The molecule has 0 fully saturated rings. The molecule has 0 radical (unpaired) electrons. The fourth-order valence-corrected chi connectivity index (χ4v) is 2.17. The lowest BCUT2D eigenvalue weighted by Gasteiger charge is -2.12. The van der Waals surface area contributed by atoms with Crippen molar-refractivity contribution in [2.45, 2.75) is 19.4 Å². The van der Waals surface area contributed by atoms with Gasteiger partial charge in [-0.25, -0.2) is 0 Å². The highest BCUT2D eigenvalue weighted by Crippen LogP contribution is 2.24. The Balaban J connectivity index is 2.35. The number of benzene rings is 2. The van der Waals surface area contributed by atoms with Gasteiger partial charge in [-0.2, -0.15) is 0 Å². The maximum atomic E-state index is 11.4. The molecule has 0 saturated heterocycles. The molecule has 0 aliphatic heterocycles. The van der Waals surface area contributed by atoms with Crippen molar-refractivity contribution in [3.8, 4) is 11.1 Å². The van der Waals surface area contributed by atoms with Gasteiger partial charge in [0.15, 0.2) is 5.78 Å². The molecule has 1 unspecified atom stereocenters. The zero-order chi connectivity index (χ0) is 14.5. The second-order valence-corrected chi connectivity index (χ2v) is 4.88. The van der Waals surface area contributed by atoms with Crippen molar-refractivity contribution in [2.24, 2.45) is 5.73 Å². The molecular weight excluding hydrogens is 250 g/mol. The molecule has 3 heteroatoms. The summed E-state index contributed by atoms with van der Waals surface area (Å²) in [5.74, 6) is 0.0555. The highest BCUT2D eigenvalue weighted by molar-refractivity contribution is 5.95. The third kappa shape index (κ3) is 3.32. The van der Waals surface area contributed by atoms with Gasteiger partial charge in [-0.15, -0.1) is 0 Å². The standard InChI is InChI=1S/C17H19NO2/c1-12(20)13-4-2-5-14(10-13)15-6-3-7-16(11-15)17(18)8-9-19/h2-7,10-11,17,19H,8-9,18H2,1H3. The van der Waals surface area contributed by atoms with E-state index in [1.54, 1.807) is 6.92 Å². The summed E-state index contributed by atoms with van der Waals surface area (Å²) in [6.07, 6.45) is 0.539. The van der Waals surface area contributed by atoms with Crippen molar-refractivity contribution in [3.05, 3.63) is 59.7 Å². The first kappa shape index (κ1) is 14.4. The van der Waals surface area contributed by atoms with Crippen LogP contribution in [-0.4, -0.2) is 17.5 Å². The lowest BCUT2D eigenvalue weighted by atomic mass is 9.97. The zero-order valence-corrected chi connectivity index (χ0v) is 11.5. The topological polar surface area (TPSA) is 63.3 Å². The van der Waals surface area contributed by atoms with E-state index in [2.05, 4.69) is 0 Å². The molecule has 0 amide bonds. The van der Waals surface area contributed by atoms with E-state index in [1.165, 1.54) is 0 Å². The van der Waals surface area contributed by atoms with E-state index >= 15 is 0 Å². The first-order chi connectivity index (χ1) is 9.61. The fraction of sp³-hybridized carbons (Fsp3) is 0.235. The molecule has 0 aliphatic carbocycles. The van der Waals surface area contributed by atoms with E-state index in [1.807, 2.05) is 48.5 Å². The van der Waals surface area contributed by atoms with Gasteiger partial charge < -0.3 is 10.8 Å². The van der Waals surface area contributed by atoms with Crippen LogP contribution in [0.25, 0.3) is 11.1 Å². The predicted octanol–water partition coefficient (Wildman–Crippen LogP) is 2.94. The Labute approximate surface area is 119 Å². The summed E-state index contributed by atoms with van der Waals surface area (Å²) < 4.78 is 0. The van der Waals surface area contributed by atoms with Crippen LogP contribution in [0.4, 0.5) is 0 Å². The number of Topliss-reactive ketones (excluding diaryl/α,β-unsaturated/α-hetero) is 1. The Hall–Kier alpha value is -1.97. The molecule has 2 aromatic carbocycles. The number of ketones is 1. The van der Waals surface area contributed by atoms with Crippen LogP contribution in [0.2, 0.25) is 0 Å². The van der Waals surface area contributed by atoms with Crippen molar-refractivity contribution < 1.29 is 9.90 Å². The van der Waals surface area contributed by atoms with E-state index in [9.17, 15) is 4.79 Å². The fourth-order valence-electron chi connectivity index (χ4n) is 2.17. The second kappa shape index (κ2) is 6.46. The van der Waals surface area contributed by atoms with Gasteiger partial charge in [0.05, 0.1) is 0 Å². The van der Waals surface area contributed by atoms with Crippen LogP contribution >= 0.6 is 0 Å². The number of aliphatic hydroxyl groups is 1. The normalized spacial score (nSPS) is 12.2. The molecule has 0 heterocycles. The third-order valence-corrected chi connectivity index (χ3v) is 3.36. The lowest BCUT2D eigenvalue weighted by Crippen LogP contribution is -2.11. The average molecular weight is 269 g/mol. The Morgan fingerprint density at radius 3 is 2.45 bits per heavy atom. The van der Waals surface area contributed by atoms with Crippen LogP contribution in [0.5, 0.6) is 0 Å². The largest absolute Gasteiger partial charge is 0.396 e. The highest BCUT2D eigenvalue weighted by Gasteiger charge is 2.07. The summed E-state index contributed by atoms with van der Waals surface area (Å²) >= 11 is 0. The molecule has 1 atom stereocenters. The first-order valence-corrected chi connectivity index (χ1v) is 6.69. The molecule has 0 aliphatic rings. The minimum Gasteiger partial charge on any atom is -0.396 e. The molecular formula is C17H19NO2. The van der Waals surface area contributed by atoms with Gasteiger partial charge in [-0.05, 0) is 42.2 Å². The van der Waals surface area contributed by atoms with Crippen molar-refractivity contribution in [1.29, 1.82) is 0 Å². The first-order valence-electron chi connectivity index (χ1n) is 6.69. The van der Waals surface area contributed by atoms with Crippen molar-refractivity contribution >= 4 is 5.78 Å². The molecule has 2 aromatic rings. The van der Waals surface area contributed by atoms with Crippen LogP contribution in [0, 0.1) is 0 Å². The molecule has 3 nitrogen and oxygen atoms in total. The third-order valence-electron chi connectivity index (χ3n) is 3.36. The van der Waals surface area contributed by atoms with Crippen molar-refractivity contribution in [3.63, 3.8) is 0 Å². The summed E-state index contributed by atoms with van der Waals surface area (Å²) in [6.45, 7) is 1.64. The Kier molecular flexibility index (Phi) is 4.66. The number of rotatable bonds is 5. The van der Waals surface area contributed by atoms with Gasteiger partial charge in [-0.1, -0.05) is 36.4 Å². The van der Waals surface area contributed by atoms with Gasteiger partial charge in [0, 0.05) is 18.2 Å². The van der Waals surface area contributed by atoms with Crippen molar-refractivity contribution in [2.75, 3.05) is 6.61 Å². The minimum atomic E-state index is -0.170. The average Bonchev–Trinajstić information content (AvgIpc) is 2.48. The van der Waals surface area contributed by atoms with Crippen molar-refractivity contribution in [1.82, 2.24) is 0 Å². The molecule has 0 spiro atoms. The van der Waals surface area contributed by atoms with Gasteiger partial charge in [0.2, 0.25) is 0 Å². The Morgan fingerprint density at radius 1 is 1.15 bits per heavy atom. The van der Waals surface area contributed by atoms with Gasteiger partial charge in [0.25, 0.3) is 0 Å². The monoisotopic (exact) mass is 269 g/mol. The maximum Gasteiger partial charge on any atom is 0.159 e. The molecule has 20 heavy (non-hydrogen) atoms. The maximum absolute atomic E-state index is 11.4. The van der Waals surface area contributed by atoms with E-state index in [0.29, 0.717) is 12.0 Å². The second-order valence-electron chi connectivity index (χ2n) is 4.88. The van der Waals surface area contributed by atoms with E-state index in [4.69, 9.17) is 10.8 Å². The van der Waals surface area contributed by atoms with Crippen LogP contribution in [0.15, 0.2) is 48.5 Å². The van der Waals surface area contributed by atoms with Crippen LogP contribution in [-0.2, 0) is 0 Å². The lowest BCUT2D eigenvalue weighted by molar-refractivity contribution is 0.101. The van der Waals surface area contributed by atoms with E-state index in [0.717, 1.165) is 16.7 Å². The predicted molar refractivity (Wildman–Crippen MR) is 80.5 cm³/mol. The molecule has 2 rings (SSSR count). The van der Waals surface area contributed by atoms with Gasteiger partial charge >= 0.3 is 0 Å². The van der Waals surface area contributed by atoms with Gasteiger partial charge in [0.1, 0.15) is 0 Å². The highest BCUT2D eigenvalue weighted by atomic mass is 16.3. The molecule has 3 N–H and O–H groups in total. The number of hydrogen-bond acceptors (Lipinski definition) is 3. The summed E-state index contributed by atoms with van der Waals surface area (Å²) in [7, 11) is 0. The SMILES string of the molecule is CC(=O)c1cccc(-c2cccc(C(N)CCO)c2)c1. The van der Waals surface area contributed by atoms with E-state index in [-0.39, 0.29) is 18.4 Å². The minimum absolute atomic E-state index is 0.0555. The summed E-state index contributed by atoms with van der Waals surface area (Å²) in [5.41, 5.74) is 9.73. The van der Waals surface area contributed by atoms with E-state index < -0.39 is 0 Å². The summed E-state index contributed by atoms with van der Waals surface area (Å²) in [4.78, 5) is 11.4. The van der Waals surface area contributed by atoms with Crippen LogP contribution in [0.1, 0.15) is 35.3 Å². The Morgan fingerprint density at radius 2 is 1.80 bits per heavy atom. The molecule has 0 saturated carbocycles. The number of aliphatic hydroxyl groups excluding tert-OH is 1. The zero-order valence-electron chi connectivity index (χ0n) is 11.5. The quantitative estimate of drug-likeness (QED) is 0.820. The van der Waals surface area contributed by atoms with Crippen LogP contribution in [0.3, 0.4) is 0 Å². The van der Waals surface area contributed by atoms with Crippen LogP contribution < -0.4 is 5.73 Å². The number of hydrogen-bond donors (Lipinski definition) is 2. The van der Waals surface area contributed by atoms with Gasteiger partial charge in [-0.3, -0.25) is 4.79 Å². The Bertz CT molecular complexity index is 607.